The number of carbonyl (C=O) groups is 2. The molecule has 1 spiro atoms. The highest BCUT2D eigenvalue weighted by molar-refractivity contribution is 6.07. The number of piperidine rings is 2. The molecule has 3 aliphatic rings. The lowest BCUT2D eigenvalue weighted by Gasteiger charge is -2.38. The fraction of sp³-hybridized carbons (Fsp3) is 0.750. The highest BCUT2D eigenvalue weighted by atomic mass is 16.2. The zero-order valence-electron chi connectivity index (χ0n) is 13.4. The van der Waals surface area contributed by atoms with Crippen LogP contribution in [0.2, 0.25) is 0 Å². The van der Waals surface area contributed by atoms with Gasteiger partial charge in [-0.15, -0.1) is 0 Å². The van der Waals surface area contributed by atoms with Gasteiger partial charge in [0.05, 0.1) is 0 Å². The number of nitrogens with zero attached hydrogens (tertiary/aromatic N) is 2. The summed E-state index contributed by atoms with van der Waals surface area (Å²) in [5, 5.41) is 6.29. The molecule has 0 aromatic carbocycles. The first kappa shape index (κ1) is 15.5. The summed E-state index contributed by atoms with van der Waals surface area (Å²) in [4.78, 5) is 29.1. The Morgan fingerprint density at radius 2 is 1.91 bits per heavy atom. The van der Waals surface area contributed by atoms with Gasteiger partial charge in [0.25, 0.3) is 5.91 Å². The maximum absolute atomic E-state index is 12.9. The van der Waals surface area contributed by atoms with Crippen LogP contribution < -0.4 is 10.6 Å². The summed E-state index contributed by atoms with van der Waals surface area (Å²) in [7, 11) is 0. The molecule has 0 aromatic heterocycles. The van der Waals surface area contributed by atoms with Crippen molar-refractivity contribution >= 4 is 11.9 Å². The van der Waals surface area contributed by atoms with Crippen LogP contribution in [0.1, 0.15) is 32.6 Å². The molecule has 6 heteroatoms. The van der Waals surface area contributed by atoms with Crippen LogP contribution >= 0.6 is 0 Å². The maximum atomic E-state index is 12.9. The molecule has 3 heterocycles. The number of amides is 3. The minimum absolute atomic E-state index is 0.000579. The van der Waals surface area contributed by atoms with Gasteiger partial charge in [-0.1, -0.05) is 12.2 Å². The fourth-order valence-corrected chi connectivity index (χ4v) is 3.85. The van der Waals surface area contributed by atoms with E-state index in [2.05, 4.69) is 22.1 Å². The van der Waals surface area contributed by atoms with E-state index in [1.165, 1.54) is 4.90 Å². The van der Waals surface area contributed by atoms with Gasteiger partial charge < -0.3 is 10.6 Å². The average molecular weight is 306 g/mol. The Bertz CT molecular complexity index is 477. The first-order valence-electron chi connectivity index (χ1n) is 8.25. The van der Waals surface area contributed by atoms with E-state index < -0.39 is 5.54 Å². The molecule has 2 N–H and O–H groups in total. The lowest BCUT2D eigenvalue weighted by Crippen LogP contribution is -2.55. The minimum Gasteiger partial charge on any atom is -0.323 e. The van der Waals surface area contributed by atoms with E-state index in [0.29, 0.717) is 12.8 Å². The fourth-order valence-electron chi connectivity index (χ4n) is 3.85. The number of rotatable bonds is 3. The lowest BCUT2D eigenvalue weighted by molar-refractivity contribution is -0.134. The number of nitrogens with one attached hydrogen (secondary N) is 2. The largest absolute Gasteiger partial charge is 0.325 e. The van der Waals surface area contributed by atoms with Crippen molar-refractivity contribution in [2.45, 2.75) is 44.2 Å². The number of hydrogen-bond acceptors (Lipinski definition) is 4. The molecule has 3 rings (SSSR count). The van der Waals surface area contributed by atoms with Gasteiger partial charge >= 0.3 is 6.03 Å². The topological polar surface area (TPSA) is 64.7 Å². The summed E-state index contributed by atoms with van der Waals surface area (Å²) in [6, 6.07) is -0.133. The molecule has 122 valence electrons. The Morgan fingerprint density at radius 3 is 2.50 bits per heavy atom. The molecule has 0 aliphatic carbocycles. The Hall–Kier alpha value is -1.40. The van der Waals surface area contributed by atoms with Crippen molar-refractivity contribution < 1.29 is 9.59 Å². The molecule has 6 nitrogen and oxygen atoms in total. The summed E-state index contributed by atoms with van der Waals surface area (Å²) in [5.41, 5.74) is 0.474. The van der Waals surface area contributed by atoms with Crippen LogP contribution in [-0.2, 0) is 4.79 Å². The summed E-state index contributed by atoms with van der Waals surface area (Å²) in [6.07, 6.45) is 3.12. The summed E-state index contributed by atoms with van der Waals surface area (Å²) >= 11 is 0. The molecule has 0 saturated carbocycles. The first-order chi connectivity index (χ1) is 10.5. The third-order valence-corrected chi connectivity index (χ3v) is 5.07. The summed E-state index contributed by atoms with van der Waals surface area (Å²) in [5.74, 6) is -0.000579. The molecule has 0 aromatic rings. The van der Waals surface area contributed by atoms with Crippen LogP contribution in [0.15, 0.2) is 12.2 Å². The molecule has 3 aliphatic heterocycles. The second-order valence-electron chi connectivity index (χ2n) is 6.90. The smallest absolute Gasteiger partial charge is 0.323 e. The molecule has 3 fully saturated rings. The number of hydrogen-bond donors (Lipinski definition) is 2. The van der Waals surface area contributed by atoms with E-state index in [1.54, 1.807) is 0 Å². The van der Waals surface area contributed by atoms with Crippen LogP contribution in [0.5, 0.6) is 0 Å². The standard InChI is InChI=1S/C16H26N4O2/c1-12(2)11-19-9-5-16(6-10-19)14(21)20(15(22)18-16)13-3-7-17-8-4-13/h13,17H,1,3-11H2,2H3,(H,18,22). The normalized spacial score (nSPS) is 26.5. The summed E-state index contributed by atoms with van der Waals surface area (Å²) < 4.78 is 0. The third-order valence-electron chi connectivity index (χ3n) is 5.07. The quantitative estimate of drug-likeness (QED) is 0.595. The van der Waals surface area contributed by atoms with E-state index >= 15 is 0 Å². The molecule has 0 unspecified atom stereocenters. The van der Waals surface area contributed by atoms with Crippen LogP contribution in [0.4, 0.5) is 4.79 Å². The van der Waals surface area contributed by atoms with Crippen molar-refractivity contribution in [2.75, 3.05) is 32.7 Å². The van der Waals surface area contributed by atoms with Crippen molar-refractivity contribution in [1.82, 2.24) is 20.4 Å². The highest BCUT2D eigenvalue weighted by Crippen LogP contribution is 2.32. The molecular weight excluding hydrogens is 280 g/mol. The molecule has 0 radical (unpaired) electrons. The average Bonchev–Trinajstić information content (AvgIpc) is 2.73. The minimum atomic E-state index is -0.659. The Morgan fingerprint density at radius 1 is 1.27 bits per heavy atom. The van der Waals surface area contributed by atoms with Crippen molar-refractivity contribution in [1.29, 1.82) is 0 Å². The van der Waals surface area contributed by atoms with Gasteiger partial charge in [0.1, 0.15) is 5.54 Å². The van der Waals surface area contributed by atoms with Gasteiger partial charge in [0.15, 0.2) is 0 Å². The van der Waals surface area contributed by atoms with E-state index in [9.17, 15) is 9.59 Å². The van der Waals surface area contributed by atoms with Crippen molar-refractivity contribution in [3.05, 3.63) is 12.2 Å². The lowest BCUT2D eigenvalue weighted by atomic mass is 9.87. The SMILES string of the molecule is C=C(C)CN1CCC2(CC1)NC(=O)N(C1CCNCC1)C2=O. The van der Waals surface area contributed by atoms with Crippen molar-refractivity contribution in [3.63, 3.8) is 0 Å². The Kier molecular flexibility index (Phi) is 4.23. The molecule has 3 saturated heterocycles. The molecule has 0 atom stereocenters. The van der Waals surface area contributed by atoms with Crippen LogP contribution in [0.3, 0.4) is 0 Å². The van der Waals surface area contributed by atoms with Gasteiger partial charge in [-0.25, -0.2) is 4.79 Å². The number of urea groups is 1. The van der Waals surface area contributed by atoms with E-state index in [-0.39, 0.29) is 18.0 Å². The second-order valence-corrected chi connectivity index (χ2v) is 6.90. The van der Waals surface area contributed by atoms with Crippen LogP contribution in [-0.4, -0.2) is 66.0 Å². The predicted molar refractivity (Wildman–Crippen MR) is 84.5 cm³/mol. The van der Waals surface area contributed by atoms with Gasteiger partial charge in [-0.05, 0) is 45.7 Å². The third kappa shape index (κ3) is 2.77. The van der Waals surface area contributed by atoms with E-state index in [0.717, 1.165) is 51.1 Å². The highest BCUT2D eigenvalue weighted by Gasteiger charge is 2.53. The van der Waals surface area contributed by atoms with E-state index in [1.807, 2.05) is 6.92 Å². The van der Waals surface area contributed by atoms with Gasteiger partial charge in [-0.2, -0.15) is 0 Å². The monoisotopic (exact) mass is 306 g/mol. The Labute approximate surface area is 131 Å². The van der Waals surface area contributed by atoms with Crippen LogP contribution in [0.25, 0.3) is 0 Å². The summed E-state index contributed by atoms with van der Waals surface area (Å²) in [6.45, 7) is 10.3. The van der Waals surface area contributed by atoms with Crippen molar-refractivity contribution in [2.24, 2.45) is 0 Å². The van der Waals surface area contributed by atoms with E-state index in [4.69, 9.17) is 0 Å². The molecular formula is C16H26N4O2. The first-order valence-corrected chi connectivity index (χ1v) is 8.25. The molecule has 3 amide bonds. The molecule has 22 heavy (non-hydrogen) atoms. The van der Waals surface area contributed by atoms with Crippen molar-refractivity contribution in [3.8, 4) is 0 Å². The number of imide groups is 1. The molecule has 0 bridgehead atoms. The predicted octanol–water partition coefficient (Wildman–Crippen LogP) is 0.701. The van der Waals surface area contributed by atoms with Gasteiger partial charge in [0, 0.05) is 25.7 Å². The number of likely N-dealkylation sites (tertiary alicyclic amines) is 1. The second kappa shape index (κ2) is 6.01. The maximum Gasteiger partial charge on any atom is 0.325 e. The Balaban J connectivity index is 1.67. The zero-order valence-corrected chi connectivity index (χ0v) is 13.4. The zero-order chi connectivity index (χ0) is 15.7. The van der Waals surface area contributed by atoms with Gasteiger partial charge in [0.2, 0.25) is 0 Å². The van der Waals surface area contributed by atoms with Gasteiger partial charge in [-0.3, -0.25) is 14.6 Å². The number of carbonyl (C=O) groups excluding carboxylic acids is 2. The van der Waals surface area contributed by atoms with Crippen LogP contribution in [0, 0.1) is 0 Å².